The molecular weight excluding hydrogens is 298 g/mol. The van der Waals surface area contributed by atoms with Gasteiger partial charge in [-0.1, -0.05) is 23.8 Å². The van der Waals surface area contributed by atoms with Crippen LogP contribution in [0.25, 0.3) is 10.9 Å². The summed E-state index contributed by atoms with van der Waals surface area (Å²) in [7, 11) is 0. The van der Waals surface area contributed by atoms with E-state index in [0.29, 0.717) is 5.92 Å². The third kappa shape index (κ3) is 4.20. The highest BCUT2D eigenvalue weighted by Gasteiger charge is 2.23. The van der Waals surface area contributed by atoms with Crippen molar-refractivity contribution in [3.63, 3.8) is 0 Å². The molecule has 1 fully saturated rings. The highest BCUT2D eigenvalue weighted by molar-refractivity contribution is 5.88. The number of hydrogen-bond donors (Lipinski definition) is 1. The minimum absolute atomic E-state index is 0.0218. The third-order valence-electron chi connectivity index (χ3n) is 4.49. The van der Waals surface area contributed by atoms with Crippen LogP contribution in [0.5, 0.6) is 0 Å². The van der Waals surface area contributed by atoms with Crippen LogP contribution in [0.15, 0.2) is 48.2 Å². The number of pyridine rings is 1. The highest BCUT2D eigenvalue weighted by atomic mass is 16.1. The lowest BCUT2D eigenvalue weighted by molar-refractivity contribution is -0.116. The lowest BCUT2D eigenvalue weighted by Crippen LogP contribution is -2.30. The van der Waals surface area contributed by atoms with Crippen LogP contribution in [0, 0.1) is 5.92 Å². The van der Waals surface area contributed by atoms with Gasteiger partial charge in [-0.25, -0.2) is 0 Å². The van der Waals surface area contributed by atoms with Gasteiger partial charge in [0.2, 0.25) is 5.91 Å². The number of aromatic nitrogens is 1. The van der Waals surface area contributed by atoms with Crippen molar-refractivity contribution >= 4 is 16.8 Å². The Labute approximate surface area is 143 Å². The van der Waals surface area contributed by atoms with E-state index in [1.54, 1.807) is 6.08 Å². The van der Waals surface area contributed by atoms with Crippen molar-refractivity contribution in [2.45, 2.75) is 26.8 Å². The van der Waals surface area contributed by atoms with Gasteiger partial charge in [0.15, 0.2) is 0 Å². The Morgan fingerprint density at radius 1 is 1.33 bits per heavy atom. The minimum Gasteiger partial charge on any atom is -0.352 e. The summed E-state index contributed by atoms with van der Waals surface area (Å²) >= 11 is 0. The van der Waals surface area contributed by atoms with Gasteiger partial charge in [0, 0.05) is 37.3 Å². The summed E-state index contributed by atoms with van der Waals surface area (Å²) in [4.78, 5) is 18.6. The van der Waals surface area contributed by atoms with Crippen molar-refractivity contribution in [2.24, 2.45) is 5.92 Å². The number of allylic oxidation sites excluding steroid dienone is 1. The zero-order chi connectivity index (χ0) is 16.9. The third-order valence-corrected chi connectivity index (χ3v) is 4.49. The molecule has 4 heteroatoms. The van der Waals surface area contributed by atoms with E-state index < -0.39 is 0 Å². The number of likely N-dealkylation sites (tertiary alicyclic amines) is 1. The van der Waals surface area contributed by atoms with Crippen LogP contribution in [0.3, 0.4) is 0 Å². The Morgan fingerprint density at radius 2 is 2.17 bits per heavy atom. The van der Waals surface area contributed by atoms with E-state index in [-0.39, 0.29) is 5.91 Å². The van der Waals surface area contributed by atoms with E-state index in [2.05, 4.69) is 39.5 Å². The molecule has 0 aliphatic carbocycles. The number of carbonyl (C=O) groups excluding carboxylic acids is 1. The molecule has 0 spiro atoms. The zero-order valence-corrected chi connectivity index (χ0v) is 14.5. The van der Waals surface area contributed by atoms with Crippen LogP contribution in [-0.4, -0.2) is 35.4 Å². The molecule has 126 valence electrons. The molecule has 0 radical (unpaired) electrons. The lowest BCUT2D eigenvalue weighted by atomic mass is 10.1. The minimum atomic E-state index is 0.0218. The number of hydrogen-bond acceptors (Lipinski definition) is 3. The van der Waals surface area contributed by atoms with Gasteiger partial charge in [0.05, 0.1) is 5.52 Å². The smallest absolute Gasteiger partial charge is 0.243 e. The molecular formula is C20H25N3O. The Bertz CT molecular complexity index is 744. The fraction of sp³-hybridized carbons (Fsp3) is 0.400. The number of para-hydroxylation sites is 1. The van der Waals surface area contributed by atoms with E-state index in [1.165, 1.54) is 10.9 Å². The molecule has 1 aromatic heterocycles. The van der Waals surface area contributed by atoms with Gasteiger partial charge < -0.3 is 5.32 Å². The van der Waals surface area contributed by atoms with Gasteiger partial charge in [0.25, 0.3) is 0 Å². The number of fused-ring (bicyclic) bond motifs is 1. The number of amides is 1. The lowest BCUT2D eigenvalue weighted by Gasteiger charge is -2.17. The molecule has 1 atom stereocenters. The summed E-state index contributed by atoms with van der Waals surface area (Å²) in [5, 5.41) is 4.25. The first-order valence-corrected chi connectivity index (χ1v) is 8.59. The molecule has 0 unspecified atom stereocenters. The normalized spacial score (nSPS) is 17.8. The van der Waals surface area contributed by atoms with Crippen molar-refractivity contribution in [1.82, 2.24) is 15.2 Å². The number of nitrogens with zero attached hydrogens (tertiary/aromatic N) is 2. The number of nitrogens with one attached hydrogen (secondary N) is 1. The Hall–Kier alpha value is -2.20. The topological polar surface area (TPSA) is 45.2 Å². The first-order chi connectivity index (χ1) is 11.6. The maximum absolute atomic E-state index is 11.7. The first kappa shape index (κ1) is 16.7. The SMILES string of the molecule is CC(C)=CC(=O)NC[C@H]1CCN(Cc2ccnc3ccccc23)C1. The van der Waals surface area contributed by atoms with E-state index >= 15 is 0 Å². The number of rotatable bonds is 5. The quantitative estimate of drug-likeness (QED) is 0.860. The van der Waals surface area contributed by atoms with Gasteiger partial charge in [0.1, 0.15) is 0 Å². The molecule has 1 saturated heterocycles. The van der Waals surface area contributed by atoms with Crippen LogP contribution >= 0.6 is 0 Å². The maximum atomic E-state index is 11.7. The molecule has 4 nitrogen and oxygen atoms in total. The predicted molar refractivity (Wildman–Crippen MR) is 97.6 cm³/mol. The molecule has 2 aromatic rings. The second-order valence-corrected chi connectivity index (χ2v) is 6.84. The highest BCUT2D eigenvalue weighted by Crippen LogP contribution is 2.22. The van der Waals surface area contributed by atoms with Crippen LogP contribution in [0.2, 0.25) is 0 Å². The Morgan fingerprint density at radius 3 is 3.00 bits per heavy atom. The molecule has 1 aliphatic rings. The fourth-order valence-corrected chi connectivity index (χ4v) is 3.32. The van der Waals surface area contributed by atoms with Gasteiger partial charge >= 0.3 is 0 Å². The Kier molecular flexibility index (Phi) is 5.26. The van der Waals surface area contributed by atoms with Crippen LogP contribution in [0.1, 0.15) is 25.8 Å². The monoisotopic (exact) mass is 323 g/mol. The average Bonchev–Trinajstić information content (AvgIpc) is 3.00. The van der Waals surface area contributed by atoms with Crippen LogP contribution in [0.4, 0.5) is 0 Å². The zero-order valence-electron chi connectivity index (χ0n) is 14.5. The van der Waals surface area contributed by atoms with Crippen molar-refractivity contribution in [3.8, 4) is 0 Å². The molecule has 1 amide bonds. The van der Waals surface area contributed by atoms with Crippen molar-refractivity contribution in [3.05, 3.63) is 53.7 Å². The molecule has 1 aliphatic heterocycles. The molecule has 1 N–H and O–H groups in total. The summed E-state index contributed by atoms with van der Waals surface area (Å²) in [5.41, 5.74) is 3.42. The molecule has 1 aromatic carbocycles. The van der Waals surface area contributed by atoms with E-state index in [1.807, 2.05) is 26.1 Å². The summed E-state index contributed by atoms with van der Waals surface area (Å²) < 4.78 is 0. The standard InChI is InChI=1S/C20H25N3O/c1-15(2)11-20(24)22-12-16-8-10-23(13-16)14-17-7-9-21-19-6-4-3-5-18(17)19/h3-7,9,11,16H,8,10,12-14H2,1-2H3,(H,22,24)/t16-/m1/s1. The fourth-order valence-electron chi connectivity index (χ4n) is 3.32. The molecule has 0 bridgehead atoms. The number of benzene rings is 1. The second-order valence-electron chi connectivity index (χ2n) is 6.84. The van der Waals surface area contributed by atoms with Gasteiger partial charge in [-0.3, -0.25) is 14.7 Å². The molecule has 3 rings (SSSR count). The van der Waals surface area contributed by atoms with E-state index in [4.69, 9.17) is 0 Å². The molecule has 0 saturated carbocycles. The summed E-state index contributed by atoms with van der Waals surface area (Å²) in [6, 6.07) is 10.4. The van der Waals surface area contributed by atoms with Gasteiger partial charge in [-0.15, -0.1) is 0 Å². The van der Waals surface area contributed by atoms with Crippen molar-refractivity contribution in [1.29, 1.82) is 0 Å². The van der Waals surface area contributed by atoms with Crippen LogP contribution in [-0.2, 0) is 11.3 Å². The second kappa shape index (κ2) is 7.58. The molecule has 24 heavy (non-hydrogen) atoms. The van der Waals surface area contributed by atoms with Crippen LogP contribution < -0.4 is 5.32 Å². The van der Waals surface area contributed by atoms with Crippen molar-refractivity contribution in [2.75, 3.05) is 19.6 Å². The summed E-state index contributed by atoms with van der Waals surface area (Å²) in [6.45, 7) is 7.70. The Balaban J connectivity index is 1.56. The first-order valence-electron chi connectivity index (χ1n) is 8.59. The summed E-state index contributed by atoms with van der Waals surface area (Å²) in [6.07, 6.45) is 4.69. The van der Waals surface area contributed by atoms with E-state index in [9.17, 15) is 4.79 Å². The van der Waals surface area contributed by atoms with Crippen molar-refractivity contribution < 1.29 is 4.79 Å². The predicted octanol–water partition coefficient (Wildman–Crippen LogP) is 3.14. The summed E-state index contributed by atoms with van der Waals surface area (Å²) in [5.74, 6) is 0.557. The maximum Gasteiger partial charge on any atom is 0.243 e. The van der Waals surface area contributed by atoms with Gasteiger partial charge in [-0.05, 0) is 50.4 Å². The average molecular weight is 323 g/mol. The van der Waals surface area contributed by atoms with E-state index in [0.717, 1.165) is 43.7 Å². The molecule has 2 heterocycles. The van der Waals surface area contributed by atoms with Gasteiger partial charge in [-0.2, -0.15) is 0 Å². The largest absolute Gasteiger partial charge is 0.352 e. The number of carbonyl (C=O) groups is 1.